The number of hydrogen-bond acceptors (Lipinski definition) is 35. The van der Waals surface area contributed by atoms with Gasteiger partial charge in [-0.3, -0.25) is 38.7 Å². The second-order valence-corrected chi connectivity index (χ2v) is 24.6. The Bertz CT molecular complexity index is 2760. The van der Waals surface area contributed by atoms with Crippen molar-refractivity contribution in [2.75, 3.05) is 339 Å². The van der Waals surface area contributed by atoms with E-state index in [4.69, 9.17) is 128 Å². The number of nitrogens with zero attached hydrogens (tertiary/aromatic N) is 3. The molecule has 0 amide bonds. The minimum Gasteiger partial charge on any atom is -0.489 e. The average molecular weight is 1720 g/mol. The maximum absolute atomic E-state index is 13.9. The van der Waals surface area contributed by atoms with Gasteiger partial charge in [-0.2, -0.15) is 0 Å². The van der Waals surface area contributed by atoms with Crippen molar-refractivity contribution >= 4 is 29.8 Å². The molecule has 0 saturated carbocycles. The topological polar surface area (TPSA) is 425 Å². The smallest absolute Gasteiger partial charge is 0.489 e. The fraction of sp³-hybridized carbons (Fsp3) is 0.701. The predicted octanol–water partition coefficient (Wildman–Crippen LogP) is 2.48. The van der Waals surface area contributed by atoms with E-state index in [0.29, 0.717) is 149 Å². The Morgan fingerprint density at radius 3 is 0.718 bits per heavy atom. The number of carboxylic acid groups (broad SMARTS) is 4. The Morgan fingerprint density at radius 2 is 0.462 bits per heavy atom. The Morgan fingerprint density at radius 1 is 0.248 bits per heavy atom. The molecule has 0 bridgehead atoms. The fourth-order valence-electron chi connectivity index (χ4n) is 9.81. The van der Waals surface area contributed by atoms with Gasteiger partial charge in [0.05, 0.1) is 231 Å². The van der Waals surface area contributed by atoms with E-state index in [0.717, 1.165) is 4.90 Å². The maximum atomic E-state index is 13.9. The summed E-state index contributed by atoms with van der Waals surface area (Å²) < 4.78 is 156. The molecule has 668 valence electrons. The molecule has 0 aliphatic rings. The van der Waals surface area contributed by atoms with Crippen LogP contribution >= 0.6 is 0 Å². The summed E-state index contributed by atoms with van der Waals surface area (Å²) in [6.45, 7) is 5.84. The van der Waals surface area contributed by atoms with Crippen LogP contribution in [0.2, 0.25) is 0 Å². The van der Waals surface area contributed by atoms with Crippen LogP contribution in [-0.4, -0.2) is 404 Å². The number of rotatable bonds is 84. The molecule has 39 nitrogen and oxygen atoms in total. The van der Waals surface area contributed by atoms with Crippen molar-refractivity contribution in [1.29, 1.82) is 0 Å². The molecule has 40 heteroatoms. The van der Waals surface area contributed by atoms with Crippen molar-refractivity contribution in [2.24, 2.45) is 0 Å². The molecule has 0 aliphatic heterocycles. The molecular weight excluding hydrogens is 1600 g/mol. The standard InChI is InChI=1S/C77H125N3O36.Mn/c1-90-11-17-96-23-29-102-35-41-108-67-49-63(50-68(109-42-36-103-30-24-97-18-12-91-2)76(67)112-45-39-106-33-27-100-21-15-94-5)59-114-65-47-62(61-116-75(89)58-80(57-74(87)88)10-8-78(54-71(81)82)7-9-79(55-72(83)84)56-73(85)86)48-66(53-65)115-60-64-51-69(110-43-37-104-31-25-98-19-13-92-3)77(113-46-40-107-34-28-101-22-16-95-6)70(52-64)111-44-38-105-32-26-99-20-14-93-4;/h47-53H,7-46,54-61H2,1-6H3,(H,81,82)(H,83,84)(H,85,86)(H,87,88);/q;+3. The van der Waals surface area contributed by atoms with E-state index in [9.17, 15) is 44.4 Å². The molecule has 0 spiro atoms. The molecule has 3 aromatic carbocycles. The molecular formula is C77H125MnN3O36+3. The van der Waals surface area contributed by atoms with Gasteiger partial charge in [0.25, 0.3) is 0 Å². The zero-order chi connectivity index (χ0) is 84.0. The number of carbonyl (C=O) groups excluding carboxylic acids is 1. The third-order valence-corrected chi connectivity index (χ3v) is 15.3. The van der Waals surface area contributed by atoms with E-state index in [1.807, 2.05) is 0 Å². The number of aliphatic carboxylic acids is 4. The number of esters is 1. The van der Waals surface area contributed by atoms with Crippen LogP contribution in [0.25, 0.3) is 0 Å². The summed E-state index contributed by atoms with van der Waals surface area (Å²) in [5.41, 5.74) is 1.41. The van der Waals surface area contributed by atoms with Crippen molar-refractivity contribution < 1.29 is 189 Å². The molecule has 3 aromatic rings. The molecule has 3 rings (SSSR count). The Hall–Kier alpha value is -6.91. The number of methoxy groups -OCH3 is 6. The SMILES string of the molecule is COCCOCCOCCOc1cc(COc2cc(COC(=O)CN(CCN(CCN(CC(=O)O)CC(=O)O)CC(=O)O)CC(=O)O)cc(OCc3cc(OCCOCCOCCOC)c(OCCOCCOCCOC)c(OCCOCCOCCOC)c3)c2)cc(OCCOCCOCCOC)c1OCCOCCOCCOC.[Mn+3]. The molecule has 0 aromatic heterocycles. The van der Waals surface area contributed by atoms with Crippen LogP contribution in [0, 0.1) is 0 Å². The number of carbonyl (C=O) groups is 5. The van der Waals surface area contributed by atoms with Crippen molar-refractivity contribution in [2.45, 2.75) is 19.8 Å². The molecule has 0 saturated heterocycles. The predicted molar refractivity (Wildman–Crippen MR) is 412 cm³/mol. The van der Waals surface area contributed by atoms with E-state index < -0.39 is 69.2 Å². The van der Waals surface area contributed by atoms with Crippen molar-refractivity contribution in [3.8, 4) is 46.0 Å². The zero-order valence-electron chi connectivity index (χ0n) is 68.6. The number of hydrogen-bond donors (Lipinski definition) is 4. The van der Waals surface area contributed by atoms with Crippen molar-refractivity contribution in [3.05, 3.63) is 59.2 Å². The fourth-order valence-corrected chi connectivity index (χ4v) is 9.81. The van der Waals surface area contributed by atoms with Crippen LogP contribution in [-0.2, 0) is 151 Å². The van der Waals surface area contributed by atoms with Gasteiger partial charge in [0, 0.05) is 74.9 Å². The summed E-state index contributed by atoms with van der Waals surface area (Å²) in [7, 11) is 9.52. The number of benzene rings is 3. The molecule has 4 N–H and O–H groups in total. The molecule has 117 heavy (non-hydrogen) atoms. The van der Waals surface area contributed by atoms with Gasteiger partial charge < -0.3 is 148 Å². The first-order chi connectivity index (χ1) is 56.6. The normalized spacial score (nSPS) is 11.3. The Balaban J connectivity index is 0.0000464. The third-order valence-electron chi connectivity index (χ3n) is 15.3. The summed E-state index contributed by atoms with van der Waals surface area (Å²) in [5, 5.41) is 38.5. The van der Waals surface area contributed by atoms with E-state index in [-0.39, 0.29) is 208 Å². The van der Waals surface area contributed by atoms with E-state index in [1.54, 1.807) is 85.1 Å². The molecule has 0 fully saturated rings. The first-order valence-electron chi connectivity index (χ1n) is 38.2. The molecule has 0 unspecified atom stereocenters. The van der Waals surface area contributed by atoms with Crippen molar-refractivity contribution in [3.63, 3.8) is 0 Å². The van der Waals surface area contributed by atoms with Gasteiger partial charge in [-0.05, 0) is 53.1 Å². The van der Waals surface area contributed by atoms with Gasteiger partial charge in [-0.1, -0.05) is 0 Å². The number of carboxylic acids is 4. The first-order valence-corrected chi connectivity index (χ1v) is 38.2. The van der Waals surface area contributed by atoms with Crippen molar-refractivity contribution in [1.82, 2.24) is 14.7 Å². The van der Waals surface area contributed by atoms with E-state index >= 15 is 0 Å². The van der Waals surface area contributed by atoms with Gasteiger partial charge in [0.1, 0.15) is 71.0 Å². The van der Waals surface area contributed by atoms with Crippen LogP contribution in [0.3, 0.4) is 0 Å². The largest absolute Gasteiger partial charge is 3.00 e. The Labute approximate surface area is 695 Å². The first kappa shape index (κ1) is 106. The minimum atomic E-state index is -1.31. The quantitative estimate of drug-likeness (QED) is 0.0358. The summed E-state index contributed by atoms with van der Waals surface area (Å²) in [4.78, 5) is 64.9. The second kappa shape index (κ2) is 73.0. The van der Waals surface area contributed by atoms with Gasteiger partial charge >= 0.3 is 46.9 Å². The second-order valence-electron chi connectivity index (χ2n) is 24.6. The summed E-state index contributed by atoms with van der Waals surface area (Å²) in [5.74, 6) is -4.02. The molecule has 0 aliphatic carbocycles. The van der Waals surface area contributed by atoms with E-state index in [2.05, 4.69) is 0 Å². The van der Waals surface area contributed by atoms with Gasteiger partial charge in [0.15, 0.2) is 23.0 Å². The van der Waals surface area contributed by atoms with Crippen LogP contribution in [0.4, 0.5) is 0 Å². The monoisotopic (exact) mass is 1720 g/mol. The summed E-state index contributed by atoms with van der Waals surface area (Å²) in [6, 6.07) is 11.8. The van der Waals surface area contributed by atoms with Crippen LogP contribution in [0.15, 0.2) is 42.5 Å². The summed E-state index contributed by atoms with van der Waals surface area (Å²) >= 11 is 0. The van der Waals surface area contributed by atoms with Gasteiger partial charge in [0.2, 0.25) is 11.5 Å². The molecule has 0 atom stereocenters. The summed E-state index contributed by atoms with van der Waals surface area (Å²) in [6.07, 6.45) is 0. The molecule has 0 heterocycles. The van der Waals surface area contributed by atoms with E-state index in [1.165, 1.54) is 9.80 Å². The Kier molecular flexibility index (Phi) is 66.3. The maximum Gasteiger partial charge on any atom is 3.00 e. The van der Waals surface area contributed by atoms with Crippen LogP contribution < -0.4 is 37.9 Å². The van der Waals surface area contributed by atoms with Gasteiger partial charge in [-0.15, -0.1) is 0 Å². The van der Waals surface area contributed by atoms with Crippen LogP contribution in [0.5, 0.6) is 46.0 Å². The third kappa shape index (κ3) is 57.0. The number of ether oxygens (including phenoxy) is 27. The minimum absolute atomic E-state index is 0. The average Bonchev–Trinajstić information content (AvgIpc) is 0.821. The zero-order valence-corrected chi connectivity index (χ0v) is 69.7. The molecule has 0 radical (unpaired) electrons. The van der Waals surface area contributed by atoms with Gasteiger partial charge in [-0.25, -0.2) is 0 Å². The van der Waals surface area contributed by atoms with Crippen LogP contribution in [0.1, 0.15) is 16.7 Å².